The molecule has 5 nitrogen and oxygen atoms in total. The van der Waals surface area contributed by atoms with E-state index in [4.69, 9.17) is 5.11 Å². The molecule has 19 heavy (non-hydrogen) atoms. The number of amides is 1. The Labute approximate surface area is 111 Å². The fourth-order valence-corrected chi connectivity index (χ4v) is 1.64. The lowest BCUT2D eigenvalue weighted by Crippen LogP contribution is -2.31. The first-order valence-electron chi connectivity index (χ1n) is 6.04. The molecule has 0 aliphatic heterocycles. The summed E-state index contributed by atoms with van der Waals surface area (Å²) in [4.78, 5) is 34.2. The van der Waals surface area contributed by atoms with Crippen molar-refractivity contribution < 1.29 is 19.5 Å². The summed E-state index contributed by atoms with van der Waals surface area (Å²) in [6, 6.07) is 9.87. The highest BCUT2D eigenvalue weighted by molar-refractivity contribution is 6.36. The number of ketones is 1. The van der Waals surface area contributed by atoms with Crippen LogP contribution in [0.15, 0.2) is 30.3 Å². The number of aliphatic carboxylic acids is 1. The van der Waals surface area contributed by atoms with Crippen LogP contribution >= 0.6 is 0 Å². The van der Waals surface area contributed by atoms with E-state index in [0.29, 0.717) is 6.54 Å². The molecule has 0 aromatic heterocycles. The number of Topliss-reactive ketones (excluding diaryl/α,β-unsaturated/α-hetero) is 1. The third kappa shape index (κ3) is 5.33. The van der Waals surface area contributed by atoms with Gasteiger partial charge in [0.2, 0.25) is 11.7 Å². The first-order chi connectivity index (χ1) is 9.00. The van der Waals surface area contributed by atoms with Crippen molar-refractivity contribution >= 4 is 17.7 Å². The molecule has 5 heteroatoms. The summed E-state index contributed by atoms with van der Waals surface area (Å²) >= 11 is 0. The Hall–Kier alpha value is -2.17. The van der Waals surface area contributed by atoms with Gasteiger partial charge in [0.15, 0.2) is 0 Å². The molecule has 0 fully saturated rings. The topological polar surface area (TPSA) is 74.7 Å². The summed E-state index contributed by atoms with van der Waals surface area (Å²) in [6.45, 7) is 0.501. The number of benzene rings is 1. The molecule has 0 saturated carbocycles. The van der Waals surface area contributed by atoms with Crippen molar-refractivity contribution in [3.8, 4) is 0 Å². The predicted molar refractivity (Wildman–Crippen MR) is 69.7 cm³/mol. The van der Waals surface area contributed by atoms with Gasteiger partial charge in [-0.25, -0.2) is 4.79 Å². The van der Waals surface area contributed by atoms with E-state index in [1.165, 1.54) is 10.5 Å². The van der Waals surface area contributed by atoms with Gasteiger partial charge in [-0.05, 0) is 18.4 Å². The Morgan fingerprint density at radius 2 is 1.79 bits per heavy atom. The maximum absolute atomic E-state index is 11.5. The molecule has 1 N–H and O–H groups in total. The number of hydrogen-bond donors (Lipinski definition) is 1. The molecule has 1 aromatic carbocycles. The molecule has 1 aromatic rings. The maximum Gasteiger partial charge on any atom is 0.372 e. The molecule has 1 rings (SSSR count). The second kappa shape index (κ2) is 7.31. The summed E-state index contributed by atoms with van der Waals surface area (Å²) in [5.41, 5.74) is 1.19. The molecule has 0 heterocycles. The zero-order valence-corrected chi connectivity index (χ0v) is 10.8. The van der Waals surface area contributed by atoms with Gasteiger partial charge in [-0.2, -0.15) is 0 Å². The number of nitrogens with zero attached hydrogens (tertiary/aromatic N) is 1. The smallest absolute Gasteiger partial charge is 0.372 e. The maximum atomic E-state index is 11.5. The number of carbonyl (C=O) groups is 3. The minimum absolute atomic E-state index is 0.458. The van der Waals surface area contributed by atoms with Crippen LogP contribution in [0.4, 0.5) is 0 Å². The van der Waals surface area contributed by atoms with Crippen molar-refractivity contribution in [1.82, 2.24) is 4.90 Å². The second-order valence-electron chi connectivity index (χ2n) is 4.31. The number of carboxylic acid groups (broad SMARTS) is 1. The van der Waals surface area contributed by atoms with Crippen molar-refractivity contribution in [2.24, 2.45) is 0 Å². The minimum Gasteiger partial charge on any atom is -0.475 e. The summed E-state index contributed by atoms with van der Waals surface area (Å²) in [5, 5.41) is 8.42. The summed E-state index contributed by atoms with van der Waals surface area (Å²) in [6.07, 6.45) is 1.04. The van der Waals surface area contributed by atoms with Gasteiger partial charge in [0.1, 0.15) is 0 Å². The lowest BCUT2D eigenvalue weighted by Gasteiger charge is -2.16. The van der Waals surface area contributed by atoms with Crippen molar-refractivity contribution in [3.05, 3.63) is 35.9 Å². The molecule has 0 saturated heterocycles. The molecule has 0 spiro atoms. The second-order valence-corrected chi connectivity index (χ2v) is 4.31. The summed E-state index contributed by atoms with van der Waals surface area (Å²) in [5.74, 6) is -3.09. The summed E-state index contributed by atoms with van der Waals surface area (Å²) < 4.78 is 0. The standard InChI is InChI=1S/C14H17NO4/c1-15(13(17)10-12(16)14(18)19)9-5-8-11-6-3-2-4-7-11/h2-4,6-7H,5,8-10H2,1H3,(H,18,19). The van der Waals surface area contributed by atoms with E-state index in [9.17, 15) is 14.4 Å². The molecule has 0 radical (unpaired) electrons. The van der Waals surface area contributed by atoms with Crippen LogP contribution in [0, 0.1) is 0 Å². The van der Waals surface area contributed by atoms with Gasteiger partial charge >= 0.3 is 5.97 Å². The van der Waals surface area contributed by atoms with E-state index < -0.39 is 24.1 Å². The third-order valence-electron chi connectivity index (χ3n) is 2.78. The van der Waals surface area contributed by atoms with E-state index in [-0.39, 0.29) is 0 Å². The van der Waals surface area contributed by atoms with Crippen LogP contribution in [0.25, 0.3) is 0 Å². The highest BCUT2D eigenvalue weighted by atomic mass is 16.4. The zero-order valence-electron chi connectivity index (χ0n) is 10.8. The van der Waals surface area contributed by atoms with Gasteiger partial charge in [-0.15, -0.1) is 0 Å². The van der Waals surface area contributed by atoms with Gasteiger partial charge in [-0.1, -0.05) is 30.3 Å². The average molecular weight is 263 g/mol. The first-order valence-corrected chi connectivity index (χ1v) is 6.04. The zero-order chi connectivity index (χ0) is 14.3. The van der Waals surface area contributed by atoms with Crippen LogP contribution in [-0.2, 0) is 20.8 Å². The number of rotatable bonds is 7. The van der Waals surface area contributed by atoms with Crippen molar-refractivity contribution in [1.29, 1.82) is 0 Å². The number of carbonyl (C=O) groups excluding carboxylic acids is 2. The van der Waals surface area contributed by atoms with E-state index in [1.54, 1.807) is 7.05 Å². The molecule has 0 unspecified atom stereocenters. The normalized spacial score (nSPS) is 9.95. The SMILES string of the molecule is CN(CCCc1ccccc1)C(=O)CC(=O)C(=O)O. The Balaban J connectivity index is 2.31. The Morgan fingerprint density at radius 1 is 1.16 bits per heavy atom. The van der Waals surface area contributed by atoms with E-state index in [1.807, 2.05) is 30.3 Å². The monoisotopic (exact) mass is 263 g/mol. The molecule has 0 aliphatic rings. The Kier molecular flexibility index (Phi) is 5.73. The molecule has 102 valence electrons. The fraction of sp³-hybridized carbons (Fsp3) is 0.357. The highest BCUT2D eigenvalue weighted by Crippen LogP contribution is 2.03. The number of hydrogen-bond acceptors (Lipinski definition) is 3. The van der Waals surface area contributed by atoms with Crippen LogP contribution in [0.3, 0.4) is 0 Å². The molecule has 0 aliphatic carbocycles. The van der Waals surface area contributed by atoms with Gasteiger partial charge in [-0.3, -0.25) is 9.59 Å². The molecular weight excluding hydrogens is 246 g/mol. The van der Waals surface area contributed by atoms with Crippen LogP contribution in [0.2, 0.25) is 0 Å². The van der Waals surface area contributed by atoms with Crippen molar-refractivity contribution in [3.63, 3.8) is 0 Å². The Morgan fingerprint density at radius 3 is 2.37 bits per heavy atom. The van der Waals surface area contributed by atoms with Crippen molar-refractivity contribution in [2.75, 3.05) is 13.6 Å². The highest BCUT2D eigenvalue weighted by Gasteiger charge is 2.18. The van der Waals surface area contributed by atoms with Crippen molar-refractivity contribution in [2.45, 2.75) is 19.3 Å². The van der Waals surface area contributed by atoms with Crippen LogP contribution in [0.5, 0.6) is 0 Å². The summed E-state index contributed by atoms with van der Waals surface area (Å²) in [7, 11) is 1.57. The lowest BCUT2D eigenvalue weighted by molar-refractivity contribution is -0.151. The van der Waals surface area contributed by atoms with Gasteiger partial charge in [0.25, 0.3) is 0 Å². The van der Waals surface area contributed by atoms with E-state index in [0.717, 1.165) is 12.8 Å². The van der Waals surface area contributed by atoms with Crippen LogP contribution in [0.1, 0.15) is 18.4 Å². The minimum atomic E-state index is -1.56. The lowest BCUT2D eigenvalue weighted by atomic mass is 10.1. The molecule has 0 bridgehead atoms. The van der Waals surface area contributed by atoms with Crippen LogP contribution < -0.4 is 0 Å². The Bertz CT molecular complexity index is 456. The van der Waals surface area contributed by atoms with E-state index in [2.05, 4.69) is 0 Å². The number of carboxylic acids is 1. The molecular formula is C14H17NO4. The third-order valence-corrected chi connectivity index (χ3v) is 2.78. The largest absolute Gasteiger partial charge is 0.475 e. The van der Waals surface area contributed by atoms with Gasteiger partial charge in [0.05, 0.1) is 6.42 Å². The van der Waals surface area contributed by atoms with Crippen LogP contribution in [-0.4, -0.2) is 41.3 Å². The quantitative estimate of drug-likeness (QED) is 0.591. The average Bonchev–Trinajstić information content (AvgIpc) is 2.39. The van der Waals surface area contributed by atoms with E-state index >= 15 is 0 Å². The fourth-order valence-electron chi connectivity index (χ4n) is 1.64. The number of aryl methyl sites for hydroxylation is 1. The molecule has 0 atom stereocenters. The van der Waals surface area contributed by atoms with Gasteiger partial charge in [0, 0.05) is 13.6 Å². The van der Waals surface area contributed by atoms with Gasteiger partial charge < -0.3 is 10.0 Å². The predicted octanol–water partition coefficient (Wildman–Crippen LogP) is 1.12. The molecule has 1 amide bonds. The first kappa shape index (κ1) is 14.9.